The van der Waals surface area contributed by atoms with Crippen LogP contribution in [0, 0.1) is 6.92 Å². The Labute approximate surface area is 94.2 Å². The first-order valence-corrected chi connectivity index (χ1v) is 5.25. The molecule has 2 heteroatoms. The lowest BCUT2D eigenvalue weighted by molar-refractivity contribution is 0.481. The van der Waals surface area contributed by atoms with Crippen LogP contribution in [0.15, 0.2) is 47.5 Å². The third kappa shape index (κ3) is 1.39. The van der Waals surface area contributed by atoms with E-state index in [0.717, 1.165) is 28.3 Å². The number of aryl methyl sites for hydroxylation is 1. The Balaban J connectivity index is 2.22. The van der Waals surface area contributed by atoms with Gasteiger partial charge in [0.05, 0.1) is 0 Å². The molecule has 0 radical (unpaired) electrons. The molecule has 1 aliphatic rings. The van der Waals surface area contributed by atoms with Crippen LogP contribution in [-0.2, 0) is 0 Å². The van der Waals surface area contributed by atoms with Gasteiger partial charge in [-0.2, -0.15) is 0 Å². The molecule has 1 heterocycles. The van der Waals surface area contributed by atoms with Crippen molar-refractivity contribution in [3.63, 3.8) is 0 Å². The van der Waals surface area contributed by atoms with Gasteiger partial charge in [0.1, 0.15) is 11.4 Å². The van der Waals surface area contributed by atoms with Crippen molar-refractivity contribution in [1.29, 1.82) is 0 Å². The first kappa shape index (κ1) is 9.16. The SMILES string of the molecule is Cc1cccc2c1Oc1ccccc1C=N2. The van der Waals surface area contributed by atoms with E-state index < -0.39 is 0 Å². The molecule has 0 atom stereocenters. The van der Waals surface area contributed by atoms with Gasteiger partial charge >= 0.3 is 0 Å². The highest BCUT2D eigenvalue weighted by Crippen LogP contribution is 2.37. The minimum absolute atomic E-state index is 0.851. The highest BCUT2D eigenvalue weighted by molar-refractivity contribution is 5.87. The maximum Gasteiger partial charge on any atom is 0.155 e. The van der Waals surface area contributed by atoms with Gasteiger partial charge in [-0.3, -0.25) is 4.99 Å². The van der Waals surface area contributed by atoms with Crippen molar-refractivity contribution in [3.05, 3.63) is 53.6 Å². The molecule has 16 heavy (non-hydrogen) atoms. The molecule has 2 aromatic rings. The maximum atomic E-state index is 5.91. The maximum absolute atomic E-state index is 5.91. The van der Waals surface area contributed by atoms with Gasteiger partial charge in [0.15, 0.2) is 5.75 Å². The standard InChI is InChI=1S/C14H11NO/c1-10-5-4-7-12-14(10)16-13-8-3-2-6-11(13)9-15-12/h2-9H,1H3. The van der Waals surface area contributed by atoms with Crippen molar-refractivity contribution in [1.82, 2.24) is 0 Å². The van der Waals surface area contributed by atoms with Crippen LogP contribution in [0.3, 0.4) is 0 Å². The topological polar surface area (TPSA) is 21.6 Å². The fourth-order valence-electron chi connectivity index (χ4n) is 1.80. The van der Waals surface area contributed by atoms with Gasteiger partial charge in [0.25, 0.3) is 0 Å². The molecule has 3 rings (SSSR count). The summed E-state index contributed by atoms with van der Waals surface area (Å²) >= 11 is 0. The summed E-state index contributed by atoms with van der Waals surface area (Å²) in [5.74, 6) is 1.71. The number of fused-ring (bicyclic) bond motifs is 2. The van der Waals surface area contributed by atoms with E-state index in [9.17, 15) is 0 Å². The molecule has 1 aliphatic heterocycles. The third-order valence-corrected chi connectivity index (χ3v) is 2.66. The van der Waals surface area contributed by atoms with Crippen LogP contribution in [0.2, 0.25) is 0 Å². The number of hydrogen-bond acceptors (Lipinski definition) is 2. The minimum Gasteiger partial charge on any atom is -0.454 e. The Bertz CT molecular complexity index is 573. The summed E-state index contributed by atoms with van der Waals surface area (Å²) in [5, 5.41) is 0. The van der Waals surface area contributed by atoms with E-state index in [2.05, 4.69) is 4.99 Å². The molecule has 0 amide bonds. The number of hydrogen-bond donors (Lipinski definition) is 0. The lowest BCUT2D eigenvalue weighted by Gasteiger charge is -2.09. The molecule has 2 aromatic carbocycles. The number of para-hydroxylation sites is 2. The highest BCUT2D eigenvalue weighted by atomic mass is 16.5. The van der Waals surface area contributed by atoms with Crippen LogP contribution in [0.5, 0.6) is 11.5 Å². The predicted octanol–water partition coefficient (Wildman–Crippen LogP) is 3.85. The summed E-state index contributed by atoms with van der Waals surface area (Å²) in [6.45, 7) is 2.03. The smallest absolute Gasteiger partial charge is 0.155 e. The number of ether oxygens (including phenoxy) is 1. The molecule has 0 saturated carbocycles. The van der Waals surface area contributed by atoms with Crippen LogP contribution in [0.25, 0.3) is 0 Å². The van der Waals surface area contributed by atoms with Crippen molar-refractivity contribution in [2.75, 3.05) is 0 Å². The molecule has 0 aliphatic carbocycles. The van der Waals surface area contributed by atoms with Crippen LogP contribution < -0.4 is 4.74 Å². The van der Waals surface area contributed by atoms with E-state index in [4.69, 9.17) is 4.74 Å². The summed E-state index contributed by atoms with van der Waals surface area (Å²) in [6.07, 6.45) is 1.85. The second kappa shape index (κ2) is 3.49. The van der Waals surface area contributed by atoms with Crippen molar-refractivity contribution in [2.45, 2.75) is 6.92 Å². The molecule has 0 unspecified atom stereocenters. The minimum atomic E-state index is 0.851. The van der Waals surface area contributed by atoms with E-state index in [1.54, 1.807) is 0 Å². The monoisotopic (exact) mass is 209 g/mol. The molecule has 0 saturated heterocycles. The molecule has 0 fully saturated rings. The fraction of sp³-hybridized carbons (Fsp3) is 0.0714. The Kier molecular flexibility index (Phi) is 2.00. The van der Waals surface area contributed by atoms with Crippen LogP contribution in [-0.4, -0.2) is 6.21 Å². The average Bonchev–Trinajstić information content (AvgIpc) is 2.50. The molecule has 78 valence electrons. The van der Waals surface area contributed by atoms with E-state index in [-0.39, 0.29) is 0 Å². The summed E-state index contributed by atoms with van der Waals surface area (Å²) in [4.78, 5) is 4.44. The number of benzene rings is 2. The third-order valence-electron chi connectivity index (χ3n) is 2.66. The average molecular weight is 209 g/mol. The molecule has 0 bridgehead atoms. The molecular formula is C14H11NO. The van der Waals surface area contributed by atoms with Crippen LogP contribution in [0.1, 0.15) is 11.1 Å². The lowest BCUT2D eigenvalue weighted by atomic mass is 10.2. The van der Waals surface area contributed by atoms with Crippen molar-refractivity contribution in [3.8, 4) is 11.5 Å². The van der Waals surface area contributed by atoms with Crippen molar-refractivity contribution >= 4 is 11.9 Å². The Hall–Kier alpha value is -2.09. The largest absolute Gasteiger partial charge is 0.454 e. The van der Waals surface area contributed by atoms with E-state index >= 15 is 0 Å². The predicted molar refractivity (Wildman–Crippen MR) is 64.9 cm³/mol. The lowest BCUT2D eigenvalue weighted by Crippen LogP contribution is -1.89. The van der Waals surface area contributed by atoms with Crippen LogP contribution in [0.4, 0.5) is 5.69 Å². The van der Waals surface area contributed by atoms with E-state index in [1.165, 1.54) is 0 Å². The van der Waals surface area contributed by atoms with Gasteiger partial charge < -0.3 is 4.74 Å². The van der Waals surface area contributed by atoms with Gasteiger partial charge in [-0.05, 0) is 30.7 Å². The zero-order valence-electron chi connectivity index (χ0n) is 8.97. The Morgan fingerprint density at radius 1 is 1.00 bits per heavy atom. The molecule has 0 N–H and O–H groups in total. The molecular weight excluding hydrogens is 198 g/mol. The van der Waals surface area contributed by atoms with E-state index in [0.29, 0.717) is 0 Å². The number of rotatable bonds is 0. The zero-order valence-corrected chi connectivity index (χ0v) is 8.97. The first-order valence-electron chi connectivity index (χ1n) is 5.25. The van der Waals surface area contributed by atoms with Gasteiger partial charge in [0.2, 0.25) is 0 Å². The Morgan fingerprint density at radius 2 is 1.88 bits per heavy atom. The molecule has 0 spiro atoms. The number of nitrogens with zero attached hydrogens (tertiary/aromatic N) is 1. The Morgan fingerprint density at radius 3 is 2.81 bits per heavy atom. The summed E-state index contributed by atoms with van der Waals surface area (Å²) in [6, 6.07) is 13.9. The van der Waals surface area contributed by atoms with Gasteiger partial charge in [0, 0.05) is 11.8 Å². The highest BCUT2D eigenvalue weighted by Gasteiger charge is 2.12. The first-order chi connectivity index (χ1) is 7.84. The number of aliphatic imine (C=N–C) groups is 1. The van der Waals surface area contributed by atoms with Gasteiger partial charge in [-0.15, -0.1) is 0 Å². The van der Waals surface area contributed by atoms with Crippen molar-refractivity contribution < 1.29 is 4.74 Å². The summed E-state index contributed by atoms with van der Waals surface area (Å²) in [7, 11) is 0. The summed E-state index contributed by atoms with van der Waals surface area (Å²) < 4.78 is 5.91. The van der Waals surface area contributed by atoms with E-state index in [1.807, 2.05) is 55.6 Å². The zero-order chi connectivity index (χ0) is 11.0. The van der Waals surface area contributed by atoms with Gasteiger partial charge in [-0.1, -0.05) is 24.3 Å². The summed E-state index contributed by atoms with van der Waals surface area (Å²) in [5.41, 5.74) is 3.00. The second-order valence-electron chi connectivity index (χ2n) is 3.82. The molecule has 0 aromatic heterocycles. The molecule has 2 nitrogen and oxygen atoms in total. The fourth-order valence-corrected chi connectivity index (χ4v) is 1.80. The normalized spacial score (nSPS) is 12.3. The second-order valence-corrected chi connectivity index (χ2v) is 3.82. The van der Waals surface area contributed by atoms with Crippen molar-refractivity contribution in [2.24, 2.45) is 4.99 Å². The quantitative estimate of drug-likeness (QED) is 0.551. The van der Waals surface area contributed by atoms with Crippen LogP contribution >= 0.6 is 0 Å². The van der Waals surface area contributed by atoms with Gasteiger partial charge in [-0.25, -0.2) is 0 Å².